The third-order valence-corrected chi connectivity index (χ3v) is 10.5. The Labute approximate surface area is 316 Å². The molecule has 0 aliphatic heterocycles. The van der Waals surface area contributed by atoms with E-state index in [1.165, 1.54) is 100 Å². The van der Waals surface area contributed by atoms with Gasteiger partial charge in [-0.15, -0.1) is 0 Å². The van der Waals surface area contributed by atoms with Gasteiger partial charge in [-0.2, -0.15) is 0 Å². The molecule has 0 radical (unpaired) electrons. The second-order valence-corrected chi connectivity index (χ2v) is 16.1. The molecule has 0 fully saturated rings. The molecule has 6 aromatic rings. The van der Waals surface area contributed by atoms with Crippen LogP contribution in [0.3, 0.4) is 0 Å². The van der Waals surface area contributed by atoms with Gasteiger partial charge in [0, 0.05) is 0 Å². The van der Waals surface area contributed by atoms with Crippen LogP contribution in [0.5, 0.6) is 0 Å². The van der Waals surface area contributed by atoms with Crippen molar-refractivity contribution >= 4 is 0 Å². The van der Waals surface area contributed by atoms with Crippen LogP contribution in [0.1, 0.15) is 115 Å². The predicted octanol–water partition coefficient (Wildman–Crippen LogP) is 15.6. The van der Waals surface area contributed by atoms with Gasteiger partial charge in [-0.1, -0.05) is 173 Å². The molecule has 0 saturated carbocycles. The summed E-state index contributed by atoms with van der Waals surface area (Å²) >= 11 is 0. The van der Waals surface area contributed by atoms with Crippen molar-refractivity contribution < 1.29 is 0 Å². The van der Waals surface area contributed by atoms with Gasteiger partial charge in [-0.05, 0) is 144 Å². The SMILES string of the molecule is Cc1ccc(-c2ccc(-c3ccc(-c4ccc(C)cc4C(C)C)c(C)c3)cc2C(C)C)c(C)c1.Cc1ccc(-c2ccc(C)cc2C(C)C)c(C)c1. The molecular weight excluding hydrogens is 625 g/mol. The quantitative estimate of drug-likeness (QED) is 0.157. The lowest BCUT2D eigenvalue weighted by molar-refractivity contribution is 0.867. The van der Waals surface area contributed by atoms with Crippen LogP contribution in [0.15, 0.2) is 109 Å². The van der Waals surface area contributed by atoms with Gasteiger partial charge in [0.1, 0.15) is 0 Å². The van der Waals surface area contributed by atoms with Crippen molar-refractivity contribution in [3.63, 3.8) is 0 Å². The van der Waals surface area contributed by atoms with Crippen molar-refractivity contribution in [2.75, 3.05) is 0 Å². The number of hydrogen-bond donors (Lipinski definition) is 0. The van der Waals surface area contributed by atoms with Gasteiger partial charge in [-0.3, -0.25) is 0 Å². The first-order valence-electron chi connectivity index (χ1n) is 19.3. The minimum Gasteiger partial charge on any atom is -0.0587 e. The fourth-order valence-corrected chi connectivity index (χ4v) is 7.65. The first-order chi connectivity index (χ1) is 24.6. The van der Waals surface area contributed by atoms with Crippen LogP contribution in [-0.4, -0.2) is 0 Å². The third-order valence-electron chi connectivity index (χ3n) is 10.5. The molecule has 0 aliphatic carbocycles. The minimum absolute atomic E-state index is 0.456. The first-order valence-corrected chi connectivity index (χ1v) is 19.3. The van der Waals surface area contributed by atoms with Crippen LogP contribution in [0.4, 0.5) is 0 Å². The standard InChI is InChI=1S/C34H38.C18H22/c1-21(2)33-18-24(6)10-14-31(33)30-15-11-27(19-26(30)8)28-12-16-32(34(20-28)22(3)4)29-13-9-23(5)17-25(29)7;1-12(2)18-11-14(4)7-9-17(18)16-8-6-13(3)10-15(16)5/h9-22H,1-8H3;6-12H,1-5H3. The molecule has 0 aromatic heterocycles. The molecule has 6 rings (SSSR count). The molecule has 0 nitrogen and oxygen atoms in total. The van der Waals surface area contributed by atoms with E-state index < -0.39 is 0 Å². The largest absolute Gasteiger partial charge is 0.0587 e. The van der Waals surface area contributed by atoms with E-state index in [0.717, 1.165) is 0 Å². The zero-order valence-corrected chi connectivity index (χ0v) is 34.1. The van der Waals surface area contributed by atoms with E-state index >= 15 is 0 Å². The molecule has 0 atom stereocenters. The zero-order chi connectivity index (χ0) is 37.9. The molecule has 0 saturated heterocycles. The van der Waals surface area contributed by atoms with Gasteiger partial charge < -0.3 is 0 Å². The molecule has 0 aliphatic rings. The van der Waals surface area contributed by atoms with Crippen LogP contribution in [0.2, 0.25) is 0 Å². The lowest BCUT2D eigenvalue weighted by atomic mass is 9.86. The van der Waals surface area contributed by atoms with Gasteiger partial charge >= 0.3 is 0 Å². The normalized spacial score (nSPS) is 11.3. The smallest absolute Gasteiger partial charge is 0.0146 e. The van der Waals surface area contributed by atoms with E-state index in [0.29, 0.717) is 17.8 Å². The maximum absolute atomic E-state index is 2.40. The topological polar surface area (TPSA) is 0 Å². The number of aryl methyl sites for hydroxylation is 7. The lowest BCUT2D eigenvalue weighted by Gasteiger charge is -2.19. The van der Waals surface area contributed by atoms with Crippen LogP contribution in [-0.2, 0) is 0 Å². The third kappa shape index (κ3) is 8.67. The lowest BCUT2D eigenvalue weighted by Crippen LogP contribution is -1.97. The molecule has 0 N–H and O–H groups in total. The van der Waals surface area contributed by atoms with Gasteiger partial charge in [-0.25, -0.2) is 0 Å². The van der Waals surface area contributed by atoms with Gasteiger partial charge in [0.2, 0.25) is 0 Å². The Morgan fingerprint density at radius 1 is 0.269 bits per heavy atom. The second-order valence-electron chi connectivity index (χ2n) is 16.1. The van der Waals surface area contributed by atoms with Crippen LogP contribution in [0, 0.1) is 48.5 Å². The van der Waals surface area contributed by atoms with Crippen molar-refractivity contribution in [1.29, 1.82) is 0 Å². The summed E-state index contributed by atoms with van der Waals surface area (Å²) in [6.45, 7) is 29.0. The second kappa shape index (κ2) is 16.3. The Balaban J connectivity index is 0.000000244. The van der Waals surface area contributed by atoms with E-state index in [1.54, 1.807) is 0 Å². The number of rotatable bonds is 7. The predicted molar refractivity (Wildman–Crippen MR) is 230 cm³/mol. The summed E-state index contributed by atoms with van der Waals surface area (Å²) in [5, 5.41) is 0. The minimum atomic E-state index is 0.456. The Kier molecular flexibility index (Phi) is 12.1. The fourth-order valence-electron chi connectivity index (χ4n) is 7.65. The molecule has 0 amide bonds. The van der Waals surface area contributed by atoms with Crippen molar-refractivity contribution in [2.24, 2.45) is 0 Å². The van der Waals surface area contributed by atoms with Crippen molar-refractivity contribution in [3.8, 4) is 44.5 Å². The molecule has 6 aromatic carbocycles. The van der Waals surface area contributed by atoms with Crippen LogP contribution < -0.4 is 0 Å². The summed E-state index contributed by atoms with van der Waals surface area (Å²) in [5.74, 6) is 1.51. The Hall–Kier alpha value is -4.68. The van der Waals surface area contributed by atoms with Crippen molar-refractivity contribution in [2.45, 2.75) is 108 Å². The van der Waals surface area contributed by atoms with Crippen LogP contribution in [0.25, 0.3) is 44.5 Å². The van der Waals surface area contributed by atoms with Gasteiger partial charge in [0.15, 0.2) is 0 Å². The highest BCUT2D eigenvalue weighted by Crippen LogP contribution is 2.38. The summed E-state index contributed by atoms with van der Waals surface area (Å²) in [7, 11) is 0. The Bertz CT molecular complexity index is 2190. The summed E-state index contributed by atoms with van der Waals surface area (Å²) in [4.78, 5) is 0. The number of benzene rings is 6. The molecular formula is C52H60. The number of hydrogen-bond acceptors (Lipinski definition) is 0. The fraction of sp³-hybridized carbons (Fsp3) is 0.308. The average molecular weight is 685 g/mol. The molecule has 0 unspecified atom stereocenters. The van der Waals surface area contributed by atoms with E-state index in [-0.39, 0.29) is 0 Å². The maximum atomic E-state index is 2.40. The summed E-state index contributed by atoms with van der Waals surface area (Å²) in [5.41, 5.74) is 24.3. The van der Waals surface area contributed by atoms with Gasteiger partial charge in [0.25, 0.3) is 0 Å². The molecule has 0 spiro atoms. The summed E-state index contributed by atoms with van der Waals surface area (Å²) in [6.07, 6.45) is 0. The molecule has 52 heavy (non-hydrogen) atoms. The van der Waals surface area contributed by atoms with E-state index in [2.05, 4.69) is 199 Å². The highest BCUT2D eigenvalue weighted by atomic mass is 14.2. The molecule has 0 heteroatoms. The highest BCUT2D eigenvalue weighted by molar-refractivity contribution is 5.79. The zero-order valence-electron chi connectivity index (χ0n) is 34.1. The Morgan fingerprint density at radius 2 is 0.538 bits per heavy atom. The molecule has 0 heterocycles. The first kappa shape index (κ1) is 38.5. The summed E-state index contributed by atoms with van der Waals surface area (Å²) < 4.78 is 0. The van der Waals surface area contributed by atoms with E-state index in [9.17, 15) is 0 Å². The molecule has 0 bridgehead atoms. The van der Waals surface area contributed by atoms with Crippen molar-refractivity contribution in [1.82, 2.24) is 0 Å². The maximum Gasteiger partial charge on any atom is -0.0146 e. The highest BCUT2D eigenvalue weighted by Gasteiger charge is 2.15. The Morgan fingerprint density at radius 3 is 0.885 bits per heavy atom. The summed E-state index contributed by atoms with van der Waals surface area (Å²) in [6, 6.07) is 41.1. The monoisotopic (exact) mass is 684 g/mol. The average Bonchev–Trinajstić information content (AvgIpc) is 3.08. The van der Waals surface area contributed by atoms with Crippen LogP contribution >= 0.6 is 0 Å². The van der Waals surface area contributed by atoms with E-state index in [1.807, 2.05) is 0 Å². The van der Waals surface area contributed by atoms with E-state index in [4.69, 9.17) is 0 Å². The molecule has 268 valence electrons. The van der Waals surface area contributed by atoms with Crippen molar-refractivity contribution in [3.05, 3.63) is 165 Å². The van der Waals surface area contributed by atoms with Gasteiger partial charge in [0.05, 0.1) is 0 Å².